The zero-order chi connectivity index (χ0) is 9.80. The molecule has 14 heavy (non-hydrogen) atoms. The molecule has 4 heteroatoms. The Labute approximate surface area is 84.2 Å². The van der Waals surface area contributed by atoms with Crippen molar-refractivity contribution in [1.82, 2.24) is 14.9 Å². The smallest absolute Gasteiger partial charge is 0.142 e. The van der Waals surface area contributed by atoms with E-state index in [2.05, 4.69) is 14.9 Å². The molecule has 1 atom stereocenters. The maximum Gasteiger partial charge on any atom is 0.142 e. The van der Waals surface area contributed by atoms with Crippen molar-refractivity contribution in [1.29, 1.82) is 0 Å². The van der Waals surface area contributed by atoms with Crippen molar-refractivity contribution in [3.8, 4) is 0 Å². The highest BCUT2D eigenvalue weighted by Crippen LogP contribution is 2.09. The van der Waals surface area contributed by atoms with Crippen molar-refractivity contribution >= 4 is 0 Å². The molecule has 1 aliphatic heterocycles. The zero-order valence-corrected chi connectivity index (χ0v) is 8.26. The summed E-state index contributed by atoms with van der Waals surface area (Å²) in [7, 11) is 0. The largest absolute Gasteiger partial charge is 0.327 e. The Morgan fingerprint density at radius 2 is 2.21 bits per heavy atom. The summed E-state index contributed by atoms with van der Waals surface area (Å²) in [6.45, 7) is 2.92. The van der Waals surface area contributed by atoms with Crippen molar-refractivity contribution in [3.63, 3.8) is 0 Å². The summed E-state index contributed by atoms with van der Waals surface area (Å²) in [6.07, 6.45) is 5.90. The third-order valence-corrected chi connectivity index (χ3v) is 2.53. The van der Waals surface area contributed by atoms with Crippen molar-refractivity contribution in [2.75, 3.05) is 13.1 Å². The van der Waals surface area contributed by atoms with Crippen LogP contribution >= 0.6 is 0 Å². The van der Waals surface area contributed by atoms with Crippen LogP contribution in [0.4, 0.5) is 0 Å². The molecule has 76 valence electrons. The molecule has 0 bridgehead atoms. The molecular formula is C10H16N4. The van der Waals surface area contributed by atoms with Gasteiger partial charge in [-0.15, -0.1) is 0 Å². The SMILES string of the molecule is NC1CCCN(Cc2ncccn2)C1. The van der Waals surface area contributed by atoms with E-state index >= 15 is 0 Å². The van der Waals surface area contributed by atoms with E-state index in [9.17, 15) is 0 Å². The number of nitrogens with zero attached hydrogens (tertiary/aromatic N) is 3. The van der Waals surface area contributed by atoms with Crippen LogP contribution in [0.3, 0.4) is 0 Å². The zero-order valence-electron chi connectivity index (χ0n) is 8.26. The molecule has 1 aliphatic rings. The van der Waals surface area contributed by atoms with Gasteiger partial charge in [-0.3, -0.25) is 4.90 Å². The van der Waals surface area contributed by atoms with Crippen LogP contribution in [-0.4, -0.2) is 34.0 Å². The molecule has 0 saturated carbocycles. The Balaban J connectivity index is 1.91. The molecule has 0 radical (unpaired) electrons. The first-order valence-electron chi connectivity index (χ1n) is 5.08. The second-order valence-electron chi connectivity index (χ2n) is 3.80. The van der Waals surface area contributed by atoms with Crippen LogP contribution in [0.15, 0.2) is 18.5 Å². The number of hydrogen-bond acceptors (Lipinski definition) is 4. The molecule has 0 aliphatic carbocycles. The summed E-state index contributed by atoms with van der Waals surface area (Å²) in [5.41, 5.74) is 5.90. The van der Waals surface area contributed by atoms with Crippen LogP contribution in [0.5, 0.6) is 0 Å². The quantitative estimate of drug-likeness (QED) is 0.737. The van der Waals surface area contributed by atoms with Gasteiger partial charge in [0.15, 0.2) is 0 Å². The molecule has 2 N–H and O–H groups in total. The predicted octanol–water partition coefficient (Wildman–Crippen LogP) is 0.400. The second-order valence-corrected chi connectivity index (χ2v) is 3.80. The topological polar surface area (TPSA) is 55.0 Å². The van der Waals surface area contributed by atoms with E-state index in [0.717, 1.165) is 31.9 Å². The van der Waals surface area contributed by atoms with Gasteiger partial charge in [0.1, 0.15) is 5.82 Å². The summed E-state index contributed by atoms with van der Waals surface area (Å²) in [5, 5.41) is 0. The fourth-order valence-electron chi connectivity index (χ4n) is 1.85. The highest BCUT2D eigenvalue weighted by Gasteiger charge is 2.16. The molecule has 2 rings (SSSR count). The third kappa shape index (κ3) is 2.49. The first kappa shape index (κ1) is 9.55. The molecule has 1 aromatic heterocycles. The first-order chi connectivity index (χ1) is 6.84. The Hall–Kier alpha value is -1.00. The van der Waals surface area contributed by atoms with Crippen LogP contribution in [0.25, 0.3) is 0 Å². The second kappa shape index (κ2) is 4.48. The van der Waals surface area contributed by atoms with Crippen LogP contribution in [-0.2, 0) is 6.54 Å². The van der Waals surface area contributed by atoms with Gasteiger partial charge in [-0.2, -0.15) is 0 Å². The van der Waals surface area contributed by atoms with Gasteiger partial charge >= 0.3 is 0 Å². The molecule has 1 fully saturated rings. The summed E-state index contributed by atoms with van der Waals surface area (Å²) < 4.78 is 0. The van der Waals surface area contributed by atoms with Crippen molar-refractivity contribution in [2.45, 2.75) is 25.4 Å². The molecule has 0 aromatic carbocycles. The molecule has 1 unspecified atom stereocenters. The van der Waals surface area contributed by atoms with E-state index in [1.54, 1.807) is 12.4 Å². The summed E-state index contributed by atoms with van der Waals surface area (Å²) in [5.74, 6) is 0.890. The van der Waals surface area contributed by atoms with Crippen molar-refractivity contribution in [3.05, 3.63) is 24.3 Å². The van der Waals surface area contributed by atoms with Gasteiger partial charge in [0.05, 0.1) is 6.54 Å². The lowest BCUT2D eigenvalue weighted by atomic mass is 10.1. The summed E-state index contributed by atoms with van der Waals surface area (Å²) in [6, 6.07) is 2.17. The van der Waals surface area contributed by atoms with Gasteiger partial charge in [-0.1, -0.05) is 0 Å². The van der Waals surface area contributed by atoms with E-state index in [1.165, 1.54) is 6.42 Å². The average molecular weight is 192 g/mol. The predicted molar refractivity (Wildman–Crippen MR) is 54.5 cm³/mol. The molecule has 1 saturated heterocycles. The standard InChI is InChI=1S/C10H16N4/c11-9-3-1-6-14(7-9)8-10-12-4-2-5-13-10/h2,4-5,9H,1,3,6-8,11H2. The Morgan fingerprint density at radius 3 is 2.93 bits per heavy atom. The number of hydrogen-bond donors (Lipinski definition) is 1. The Bertz CT molecular complexity index is 275. The van der Waals surface area contributed by atoms with Crippen molar-refractivity contribution < 1.29 is 0 Å². The van der Waals surface area contributed by atoms with Crippen LogP contribution in [0.2, 0.25) is 0 Å². The van der Waals surface area contributed by atoms with E-state index in [-0.39, 0.29) is 0 Å². The van der Waals surface area contributed by atoms with Crippen LogP contribution in [0, 0.1) is 0 Å². The summed E-state index contributed by atoms with van der Waals surface area (Å²) >= 11 is 0. The summed E-state index contributed by atoms with van der Waals surface area (Å²) in [4.78, 5) is 10.7. The molecule has 1 aromatic rings. The first-order valence-corrected chi connectivity index (χ1v) is 5.08. The van der Waals surface area contributed by atoms with Gasteiger partial charge in [-0.05, 0) is 25.5 Å². The molecule has 0 spiro atoms. The van der Waals surface area contributed by atoms with E-state index in [4.69, 9.17) is 5.73 Å². The normalized spacial score (nSPS) is 23.6. The highest BCUT2D eigenvalue weighted by atomic mass is 15.2. The van der Waals surface area contributed by atoms with Crippen molar-refractivity contribution in [2.24, 2.45) is 5.73 Å². The Morgan fingerprint density at radius 1 is 1.43 bits per heavy atom. The minimum atomic E-state index is 0.326. The number of likely N-dealkylation sites (tertiary alicyclic amines) is 1. The van der Waals surface area contributed by atoms with E-state index in [1.807, 2.05) is 6.07 Å². The number of rotatable bonds is 2. The molecular weight excluding hydrogens is 176 g/mol. The minimum absolute atomic E-state index is 0.326. The van der Waals surface area contributed by atoms with Crippen LogP contribution < -0.4 is 5.73 Å². The maximum absolute atomic E-state index is 5.90. The molecule has 0 amide bonds. The molecule has 4 nitrogen and oxygen atoms in total. The van der Waals surface area contributed by atoms with Gasteiger partial charge in [0.2, 0.25) is 0 Å². The van der Waals surface area contributed by atoms with Gasteiger partial charge in [0, 0.05) is 25.0 Å². The third-order valence-electron chi connectivity index (χ3n) is 2.53. The fraction of sp³-hybridized carbons (Fsp3) is 0.600. The number of aromatic nitrogens is 2. The fourth-order valence-corrected chi connectivity index (χ4v) is 1.85. The lowest BCUT2D eigenvalue weighted by Crippen LogP contribution is -2.42. The van der Waals surface area contributed by atoms with E-state index in [0.29, 0.717) is 6.04 Å². The lowest BCUT2D eigenvalue weighted by molar-refractivity contribution is 0.197. The average Bonchev–Trinajstić information content (AvgIpc) is 2.19. The lowest BCUT2D eigenvalue weighted by Gasteiger charge is -2.29. The minimum Gasteiger partial charge on any atom is -0.327 e. The van der Waals surface area contributed by atoms with Crippen LogP contribution in [0.1, 0.15) is 18.7 Å². The van der Waals surface area contributed by atoms with Gasteiger partial charge in [-0.25, -0.2) is 9.97 Å². The Kier molecular flexibility index (Phi) is 3.06. The number of nitrogens with two attached hydrogens (primary N) is 1. The number of piperidine rings is 1. The monoisotopic (exact) mass is 192 g/mol. The maximum atomic E-state index is 5.90. The van der Waals surface area contributed by atoms with Gasteiger partial charge < -0.3 is 5.73 Å². The van der Waals surface area contributed by atoms with E-state index < -0.39 is 0 Å². The molecule has 2 heterocycles. The highest BCUT2D eigenvalue weighted by molar-refractivity contribution is 4.89. The van der Waals surface area contributed by atoms with Gasteiger partial charge in [0.25, 0.3) is 0 Å².